The van der Waals surface area contributed by atoms with Crippen molar-refractivity contribution in [2.75, 3.05) is 24.7 Å². The van der Waals surface area contributed by atoms with Gasteiger partial charge in [0.1, 0.15) is 5.82 Å². The quantitative estimate of drug-likeness (QED) is 0.778. The maximum atomic E-state index is 13.7. The van der Waals surface area contributed by atoms with Gasteiger partial charge in [0.15, 0.2) is 0 Å². The number of aryl methyl sites for hydroxylation is 1. The van der Waals surface area contributed by atoms with Gasteiger partial charge in [-0.15, -0.1) is 0 Å². The Morgan fingerprint density at radius 3 is 2.58 bits per heavy atom. The predicted molar refractivity (Wildman–Crippen MR) is 101 cm³/mol. The lowest BCUT2D eigenvalue weighted by atomic mass is 10.1. The van der Waals surface area contributed by atoms with E-state index >= 15 is 0 Å². The van der Waals surface area contributed by atoms with Crippen molar-refractivity contribution in [3.63, 3.8) is 0 Å². The fourth-order valence-corrected chi connectivity index (χ4v) is 3.33. The van der Waals surface area contributed by atoms with Crippen LogP contribution in [0.1, 0.15) is 11.1 Å². The molecule has 1 amide bonds. The molecule has 0 fully saturated rings. The van der Waals surface area contributed by atoms with Gasteiger partial charge in [0.2, 0.25) is 15.9 Å². The second-order valence-electron chi connectivity index (χ2n) is 5.95. The smallest absolute Gasteiger partial charge is 0.239 e. The average molecular weight is 399 g/mol. The third-order valence-corrected chi connectivity index (χ3v) is 5.34. The minimum atomic E-state index is -3.63. The third-order valence-electron chi connectivity index (χ3n) is 3.85. The fraction of sp³-hybridized carbons (Fsp3) is 0.278. The molecule has 0 saturated carbocycles. The first-order valence-electron chi connectivity index (χ1n) is 7.91. The summed E-state index contributed by atoms with van der Waals surface area (Å²) in [4.78, 5) is 12.3. The number of carbonyl (C=O) groups is 1. The fourth-order valence-electron chi connectivity index (χ4n) is 2.39. The van der Waals surface area contributed by atoms with E-state index in [-0.39, 0.29) is 19.5 Å². The van der Waals surface area contributed by atoms with Crippen molar-refractivity contribution in [3.05, 3.63) is 64.4 Å². The molecule has 0 atom stereocenters. The highest BCUT2D eigenvalue weighted by Crippen LogP contribution is 2.20. The van der Waals surface area contributed by atoms with Crippen LogP contribution in [0, 0.1) is 12.7 Å². The summed E-state index contributed by atoms with van der Waals surface area (Å²) < 4.78 is 38.7. The molecular formula is C18H20ClFN2O3S. The molecule has 0 aliphatic carbocycles. The number of amides is 1. The van der Waals surface area contributed by atoms with Crippen molar-refractivity contribution in [2.45, 2.75) is 13.3 Å². The van der Waals surface area contributed by atoms with Crippen LogP contribution >= 0.6 is 11.6 Å². The monoisotopic (exact) mass is 398 g/mol. The van der Waals surface area contributed by atoms with E-state index in [4.69, 9.17) is 11.6 Å². The second kappa shape index (κ2) is 8.62. The Bertz CT molecular complexity index is 903. The lowest BCUT2D eigenvalue weighted by Crippen LogP contribution is -2.38. The number of hydrogen-bond donors (Lipinski definition) is 1. The predicted octanol–water partition coefficient (Wildman–Crippen LogP) is 3.23. The molecule has 0 bridgehead atoms. The molecule has 0 heterocycles. The Labute approximate surface area is 157 Å². The highest BCUT2D eigenvalue weighted by atomic mass is 35.5. The van der Waals surface area contributed by atoms with Gasteiger partial charge in [-0.05, 0) is 42.7 Å². The summed E-state index contributed by atoms with van der Waals surface area (Å²) in [6, 6.07) is 11.2. The van der Waals surface area contributed by atoms with E-state index in [2.05, 4.69) is 5.32 Å². The molecule has 140 valence electrons. The van der Waals surface area contributed by atoms with Crippen molar-refractivity contribution in [1.29, 1.82) is 0 Å². The topological polar surface area (TPSA) is 66.5 Å². The van der Waals surface area contributed by atoms with Gasteiger partial charge < -0.3 is 5.32 Å². The van der Waals surface area contributed by atoms with Crippen LogP contribution in [0.3, 0.4) is 0 Å². The Morgan fingerprint density at radius 1 is 1.23 bits per heavy atom. The van der Waals surface area contributed by atoms with Crippen molar-refractivity contribution >= 4 is 33.2 Å². The molecule has 0 aliphatic rings. The minimum absolute atomic E-state index is 0.00170. The highest BCUT2D eigenvalue weighted by molar-refractivity contribution is 7.88. The van der Waals surface area contributed by atoms with E-state index in [1.54, 1.807) is 43.3 Å². The Morgan fingerprint density at radius 2 is 1.92 bits per heavy atom. The van der Waals surface area contributed by atoms with E-state index in [1.807, 2.05) is 0 Å². The van der Waals surface area contributed by atoms with Gasteiger partial charge in [-0.1, -0.05) is 35.9 Å². The number of nitrogens with one attached hydrogen (secondary N) is 1. The normalized spacial score (nSPS) is 11.6. The standard InChI is InChI=1S/C18H20ClFN2O3S/c1-13-7-8-15(19)11-17(13)21-18(23)12-22(26(2,24)25)10-9-14-5-3-4-6-16(14)20/h3-8,11H,9-10,12H2,1-2H3,(H,21,23). The highest BCUT2D eigenvalue weighted by Gasteiger charge is 2.21. The number of halogens is 2. The van der Waals surface area contributed by atoms with Gasteiger partial charge in [0, 0.05) is 17.3 Å². The molecular weight excluding hydrogens is 379 g/mol. The molecule has 2 aromatic carbocycles. The van der Waals surface area contributed by atoms with Crippen LogP contribution in [-0.4, -0.2) is 38.0 Å². The lowest BCUT2D eigenvalue weighted by molar-refractivity contribution is -0.116. The zero-order valence-electron chi connectivity index (χ0n) is 14.5. The summed E-state index contributed by atoms with van der Waals surface area (Å²) in [5, 5.41) is 3.12. The first kappa shape index (κ1) is 20.4. The summed E-state index contributed by atoms with van der Waals surface area (Å²) in [6.07, 6.45) is 1.19. The molecule has 0 unspecified atom stereocenters. The Kier molecular flexibility index (Phi) is 6.75. The minimum Gasteiger partial charge on any atom is -0.325 e. The Balaban J connectivity index is 2.07. The van der Waals surface area contributed by atoms with E-state index in [9.17, 15) is 17.6 Å². The first-order valence-corrected chi connectivity index (χ1v) is 10.1. The molecule has 0 spiro atoms. The molecule has 8 heteroatoms. The van der Waals surface area contributed by atoms with Crippen LogP contribution in [0.2, 0.25) is 5.02 Å². The maximum absolute atomic E-state index is 13.7. The number of nitrogens with zero attached hydrogens (tertiary/aromatic N) is 1. The van der Waals surface area contributed by atoms with E-state index in [0.717, 1.165) is 16.1 Å². The summed E-state index contributed by atoms with van der Waals surface area (Å²) in [5.41, 5.74) is 1.72. The van der Waals surface area contributed by atoms with Crippen LogP contribution in [0.4, 0.5) is 10.1 Å². The molecule has 5 nitrogen and oxygen atoms in total. The van der Waals surface area contributed by atoms with Gasteiger partial charge in [-0.25, -0.2) is 12.8 Å². The lowest BCUT2D eigenvalue weighted by Gasteiger charge is -2.20. The molecule has 2 aromatic rings. The molecule has 1 N–H and O–H groups in total. The molecule has 0 radical (unpaired) electrons. The number of carbonyl (C=O) groups excluding carboxylic acids is 1. The first-order chi connectivity index (χ1) is 12.2. The van der Waals surface area contributed by atoms with Crippen LogP contribution in [-0.2, 0) is 21.2 Å². The maximum Gasteiger partial charge on any atom is 0.239 e. The number of benzene rings is 2. The molecule has 0 saturated heterocycles. The van der Waals surface area contributed by atoms with Crippen LogP contribution in [0.15, 0.2) is 42.5 Å². The zero-order chi connectivity index (χ0) is 19.3. The van der Waals surface area contributed by atoms with Gasteiger partial charge in [-0.3, -0.25) is 4.79 Å². The SMILES string of the molecule is Cc1ccc(Cl)cc1NC(=O)CN(CCc1ccccc1F)S(C)(=O)=O. The second-order valence-corrected chi connectivity index (χ2v) is 8.36. The number of hydrogen-bond acceptors (Lipinski definition) is 3. The van der Waals surface area contributed by atoms with Gasteiger partial charge in [0.05, 0.1) is 12.8 Å². The summed E-state index contributed by atoms with van der Waals surface area (Å²) in [7, 11) is -3.63. The van der Waals surface area contributed by atoms with Crippen molar-refractivity contribution in [3.8, 4) is 0 Å². The molecule has 0 aliphatic heterocycles. The average Bonchev–Trinajstić information content (AvgIpc) is 2.55. The van der Waals surface area contributed by atoms with Crippen molar-refractivity contribution in [1.82, 2.24) is 4.31 Å². The number of sulfonamides is 1. The molecule has 2 rings (SSSR count). The van der Waals surface area contributed by atoms with Crippen LogP contribution < -0.4 is 5.32 Å². The van der Waals surface area contributed by atoms with Crippen molar-refractivity contribution in [2.24, 2.45) is 0 Å². The molecule has 26 heavy (non-hydrogen) atoms. The van der Waals surface area contributed by atoms with Gasteiger partial charge >= 0.3 is 0 Å². The van der Waals surface area contributed by atoms with Crippen LogP contribution in [0.25, 0.3) is 0 Å². The number of rotatable bonds is 7. The van der Waals surface area contributed by atoms with Crippen LogP contribution in [0.5, 0.6) is 0 Å². The summed E-state index contributed by atoms with van der Waals surface area (Å²) in [6.45, 7) is 1.44. The van der Waals surface area contributed by atoms with E-state index < -0.39 is 21.7 Å². The van der Waals surface area contributed by atoms with Crippen molar-refractivity contribution < 1.29 is 17.6 Å². The summed E-state index contributed by atoms with van der Waals surface area (Å²) >= 11 is 5.92. The zero-order valence-corrected chi connectivity index (χ0v) is 16.1. The van der Waals surface area contributed by atoms with Gasteiger partial charge in [0.25, 0.3) is 0 Å². The van der Waals surface area contributed by atoms with E-state index in [1.165, 1.54) is 6.07 Å². The van der Waals surface area contributed by atoms with Gasteiger partial charge in [-0.2, -0.15) is 4.31 Å². The Hall–Kier alpha value is -1.96. The molecule has 0 aromatic heterocycles. The van der Waals surface area contributed by atoms with E-state index in [0.29, 0.717) is 16.3 Å². The third kappa shape index (κ3) is 5.79. The largest absolute Gasteiger partial charge is 0.325 e. The number of anilines is 1. The summed E-state index contributed by atoms with van der Waals surface area (Å²) in [5.74, 6) is -0.894.